The van der Waals surface area contributed by atoms with Gasteiger partial charge in [0.1, 0.15) is 10.1 Å². The zero-order valence-corrected chi connectivity index (χ0v) is 39.4. The molecule has 0 aliphatic rings. The largest absolute Gasteiger partial charge is 1.00 e. The third-order valence-corrected chi connectivity index (χ3v) is 10.8. The van der Waals surface area contributed by atoms with Crippen LogP contribution in [0.1, 0.15) is 227 Å². The molecule has 0 bridgehead atoms. The summed E-state index contributed by atoms with van der Waals surface area (Å²) < 4.78 is 45.7. The number of hydrogen-bond acceptors (Lipinski definition) is 7. The third-order valence-electron chi connectivity index (χ3n) is 10.00. The van der Waals surface area contributed by atoms with E-state index in [0.717, 1.165) is 69.6 Å². The molecule has 0 aliphatic heterocycles. The maximum atomic E-state index is 12.9. The fraction of sp³-hybridized carbons (Fsp3) is 0.739. The van der Waals surface area contributed by atoms with Gasteiger partial charge >= 0.3 is 63.3 Å². The number of esters is 2. The van der Waals surface area contributed by atoms with E-state index >= 15 is 0 Å². The Morgan fingerprint density at radius 1 is 0.491 bits per heavy atom. The van der Waals surface area contributed by atoms with Crippen molar-refractivity contribution >= 4 is 22.1 Å². The molecule has 0 aliphatic carbocycles. The van der Waals surface area contributed by atoms with Crippen LogP contribution in [0.5, 0.6) is 0 Å². The molecule has 55 heavy (non-hydrogen) atoms. The monoisotopic (exact) mass is 813 g/mol. The molecule has 1 aromatic rings. The van der Waals surface area contributed by atoms with Crippen molar-refractivity contribution < 1.29 is 83.4 Å². The molecule has 1 aromatic carbocycles. The molecule has 0 saturated heterocycles. The van der Waals surface area contributed by atoms with Crippen LogP contribution in [0.3, 0.4) is 0 Å². The first-order valence-corrected chi connectivity index (χ1v) is 23.5. The minimum atomic E-state index is -4.82. The van der Waals surface area contributed by atoms with E-state index in [4.69, 9.17) is 9.47 Å². The molecule has 0 heterocycles. The fourth-order valence-electron chi connectivity index (χ4n) is 6.56. The van der Waals surface area contributed by atoms with Gasteiger partial charge in [0.05, 0.1) is 29.2 Å². The van der Waals surface area contributed by atoms with Crippen LogP contribution in [0, 0.1) is 0 Å². The van der Waals surface area contributed by atoms with Gasteiger partial charge in [-0.2, -0.15) is 0 Å². The van der Waals surface area contributed by atoms with Crippen LogP contribution in [-0.4, -0.2) is 38.1 Å². The van der Waals surface area contributed by atoms with E-state index in [1.54, 1.807) is 0 Å². The topological polar surface area (TPSA) is 110 Å². The quantitative estimate of drug-likeness (QED) is 0.0216. The van der Waals surface area contributed by atoms with Crippen LogP contribution in [-0.2, 0) is 19.6 Å². The minimum Gasteiger partial charge on any atom is -0.744 e. The molecule has 1 rings (SSSR count). The molecule has 0 radical (unpaired) electrons. The average molecular weight is 813 g/mol. The van der Waals surface area contributed by atoms with Gasteiger partial charge in [0.2, 0.25) is 0 Å². The van der Waals surface area contributed by atoms with Gasteiger partial charge in [-0.3, -0.25) is 0 Å². The molecule has 0 spiro atoms. The fourth-order valence-corrected chi connectivity index (χ4v) is 7.06. The summed E-state index contributed by atoms with van der Waals surface area (Å²) in [7, 11) is -4.82. The number of allylic oxidation sites excluding steroid dienone is 4. The van der Waals surface area contributed by atoms with Gasteiger partial charge in [-0.15, -0.1) is 0 Å². The molecule has 0 N–H and O–H groups in total. The Hall–Kier alpha value is -0.814. The number of carbonyl (C=O) groups is 2. The number of benzene rings is 1. The molecule has 0 fully saturated rings. The average Bonchev–Trinajstić information content (AvgIpc) is 3.16. The molecule has 0 unspecified atom stereocenters. The van der Waals surface area contributed by atoms with Gasteiger partial charge in [-0.25, -0.2) is 18.0 Å². The van der Waals surface area contributed by atoms with E-state index < -0.39 is 27.0 Å². The SMILES string of the molecule is CCCCCCCCCCCC/C=C/CCCCCOC(=O)c1ccc(S(=O)(=O)[O-])cc1C(=O)OCCCCC/C=C/CCCCCCCCCCCC.[K+]. The summed E-state index contributed by atoms with van der Waals surface area (Å²) >= 11 is 0. The van der Waals surface area contributed by atoms with Crippen molar-refractivity contribution in [1.29, 1.82) is 0 Å². The maximum absolute atomic E-state index is 12.9. The predicted octanol–water partition coefficient (Wildman–Crippen LogP) is 10.8. The van der Waals surface area contributed by atoms with E-state index in [2.05, 4.69) is 38.2 Å². The number of hydrogen-bond donors (Lipinski definition) is 0. The number of ether oxygens (including phenoxy) is 2. The van der Waals surface area contributed by atoms with E-state index in [1.165, 1.54) is 128 Å². The van der Waals surface area contributed by atoms with Gasteiger partial charge in [0.25, 0.3) is 0 Å². The second kappa shape index (κ2) is 38.7. The number of unbranched alkanes of at least 4 members (excludes halogenated alkanes) is 26. The first-order chi connectivity index (χ1) is 26.3. The summed E-state index contributed by atoms with van der Waals surface area (Å²) in [6.45, 7) is 4.84. The van der Waals surface area contributed by atoms with E-state index in [9.17, 15) is 22.6 Å². The molecule has 0 amide bonds. The summed E-state index contributed by atoms with van der Waals surface area (Å²) in [6, 6.07) is 3.11. The Labute approximate surface area is 380 Å². The Balaban J connectivity index is 0.0000292. The summed E-state index contributed by atoms with van der Waals surface area (Å²) in [5.41, 5.74) is -0.366. The van der Waals surface area contributed by atoms with Crippen molar-refractivity contribution in [2.45, 2.75) is 211 Å². The Kier molecular flexibility index (Phi) is 38.1. The van der Waals surface area contributed by atoms with Gasteiger partial charge in [0, 0.05) is 0 Å². The van der Waals surface area contributed by atoms with Crippen LogP contribution >= 0.6 is 0 Å². The molecule has 0 aromatic heterocycles. The van der Waals surface area contributed by atoms with Crippen LogP contribution < -0.4 is 51.4 Å². The van der Waals surface area contributed by atoms with Crippen LogP contribution in [0.4, 0.5) is 0 Å². The molecule has 7 nitrogen and oxygen atoms in total. The van der Waals surface area contributed by atoms with Gasteiger partial charge in [-0.1, -0.05) is 154 Å². The third kappa shape index (κ3) is 31.8. The van der Waals surface area contributed by atoms with Crippen LogP contribution in [0.2, 0.25) is 0 Å². The first-order valence-electron chi connectivity index (χ1n) is 22.0. The summed E-state index contributed by atoms with van der Waals surface area (Å²) in [5.74, 6) is -1.58. The van der Waals surface area contributed by atoms with Crippen molar-refractivity contribution in [2.24, 2.45) is 0 Å². The van der Waals surface area contributed by atoms with Crippen molar-refractivity contribution in [3.63, 3.8) is 0 Å². The predicted molar refractivity (Wildman–Crippen MR) is 223 cm³/mol. The summed E-state index contributed by atoms with van der Waals surface area (Å²) in [5, 5.41) is 0. The van der Waals surface area contributed by atoms with Crippen molar-refractivity contribution in [2.75, 3.05) is 13.2 Å². The van der Waals surface area contributed by atoms with E-state index in [1.807, 2.05) is 0 Å². The van der Waals surface area contributed by atoms with E-state index in [-0.39, 0.29) is 75.7 Å². The number of rotatable bonds is 37. The van der Waals surface area contributed by atoms with Crippen molar-refractivity contribution in [3.05, 3.63) is 53.6 Å². The molecular formula is C46H77KO7S. The molecule has 0 atom stereocenters. The zero-order valence-electron chi connectivity index (χ0n) is 35.4. The number of carbonyl (C=O) groups excluding carboxylic acids is 2. The van der Waals surface area contributed by atoms with Gasteiger partial charge < -0.3 is 14.0 Å². The Morgan fingerprint density at radius 3 is 1.15 bits per heavy atom. The van der Waals surface area contributed by atoms with E-state index in [0.29, 0.717) is 12.8 Å². The Bertz CT molecular complexity index is 1240. The summed E-state index contributed by atoms with van der Waals surface area (Å²) in [6.07, 6.45) is 45.1. The second-order valence-corrected chi connectivity index (χ2v) is 16.4. The normalized spacial score (nSPS) is 11.7. The second-order valence-electron chi connectivity index (χ2n) is 15.0. The molecular weight excluding hydrogens is 736 g/mol. The van der Waals surface area contributed by atoms with Gasteiger partial charge in [0.15, 0.2) is 0 Å². The van der Waals surface area contributed by atoms with Crippen molar-refractivity contribution in [3.8, 4) is 0 Å². The minimum absolute atomic E-state index is 0. The van der Waals surface area contributed by atoms with Crippen molar-refractivity contribution in [1.82, 2.24) is 0 Å². The van der Waals surface area contributed by atoms with Gasteiger partial charge in [-0.05, 0) is 95.2 Å². The zero-order chi connectivity index (χ0) is 39.4. The molecule has 0 saturated carbocycles. The van der Waals surface area contributed by atoms with Crippen LogP contribution in [0.15, 0.2) is 47.4 Å². The first kappa shape index (κ1) is 54.2. The smallest absolute Gasteiger partial charge is 0.744 e. The maximum Gasteiger partial charge on any atom is 1.00 e. The van der Waals surface area contributed by atoms with Crippen LogP contribution in [0.25, 0.3) is 0 Å². The molecule has 310 valence electrons. The standard InChI is InChI=1S/C46H78O7S.K/c1-3-5-7-9-11-13-15-17-19-21-23-25-27-29-31-33-35-39-52-45(47)43-38-37-42(54(49,50)51)41-44(43)46(48)53-40-36-34-32-30-28-26-24-22-20-18-16-14-12-10-8-6-4-2;/h25-28,37-38,41H,3-24,29-36,39-40H2,1-2H3,(H,49,50,51);/q;+1/p-1/b27-25+,28-26+;. The summed E-state index contributed by atoms with van der Waals surface area (Å²) in [4.78, 5) is 25.2. The molecule has 9 heteroatoms. The Morgan fingerprint density at radius 2 is 0.800 bits per heavy atom.